The van der Waals surface area contributed by atoms with Gasteiger partial charge in [0.05, 0.1) is 0 Å². The standard InChI is InChI=1S/C34H37O3P/c1-33(2,3)27-17-15-25-21-30(31(34(4,5)6)22-26(25)19-27)29-13-9-10-14-32(29)38(35,36,37)28-18-16-23-11-7-8-12-24(23)20-28/h7-22,35-37H,1-6H3. The van der Waals surface area contributed by atoms with Crippen LogP contribution >= 0.6 is 7.28 Å². The molecule has 0 spiro atoms. The third-order valence-electron chi connectivity index (χ3n) is 7.50. The summed E-state index contributed by atoms with van der Waals surface area (Å²) in [6.45, 7) is 13.1. The van der Waals surface area contributed by atoms with Crippen molar-refractivity contribution in [1.29, 1.82) is 0 Å². The number of rotatable bonds is 3. The fourth-order valence-corrected chi connectivity index (χ4v) is 7.24. The number of benzene rings is 5. The van der Waals surface area contributed by atoms with Gasteiger partial charge in [0.15, 0.2) is 0 Å². The summed E-state index contributed by atoms with van der Waals surface area (Å²) in [6.07, 6.45) is 0. The van der Waals surface area contributed by atoms with E-state index in [1.807, 2.05) is 42.5 Å². The molecule has 0 aliphatic heterocycles. The van der Waals surface area contributed by atoms with E-state index in [1.54, 1.807) is 24.3 Å². The van der Waals surface area contributed by atoms with Gasteiger partial charge in [-0.1, -0.05) is 0 Å². The van der Waals surface area contributed by atoms with Crippen LogP contribution in [0.5, 0.6) is 0 Å². The predicted molar refractivity (Wildman–Crippen MR) is 164 cm³/mol. The van der Waals surface area contributed by atoms with Gasteiger partial charge in [-0.3, -0.25) is 0 Å². The van der Waals surface area contributed by atoms with Crippen molar-refractivity contribution in [2.24, 2.45) is 0 Å². The van der Waals surface area contributed by atoms with Crippen LogP contribution in [0.4, 0.5) is 0 Å². The van der Waals surface area contributed by atoms with E-state index in [-0.39, 0.29) is 21.4 Å². The third-order valence-corrected chi connectivity index (χ3v) is 10.0. The Labute approximate surface area is 225 Å². The molecule has 0 aliphatic carbocycles. The fraction of sp³-hybridized carbons (Fsp3) is 0.235. The quantitative estimate of drug-likeness (QED) is 0.214. The zero-order valence-corrected chi connectivity index (χ0v) is 23.9. The van der Waals surface area contributed by atoms with Crippen LogP contribution < -0.4 is 10.6 Å². The molecule has 5 rings (SSSR count). The van der Waals surface area contributed by atoms with Gasteiger partial charge in [0.2, 0.25) is 0 Å². The van der Waals surface area contributed by atoms with Crippen molar-refractivity contribution in [3.05, 3.63) is 108 Å². The molecule has 0 unspecified atom stereocenters. The predicted octanol–water partition coefficient (Wildman–Crippen LogP) is 7.48. The summed E-state index contributed by atoms with van der Waals surface area (Å²) in [4.78, 5) is 35.4. The Kier molecular flexibility index (Phi) is 6.09. The van der Waals surface area contributed by atoms with E-state index in [2.05, 4.69) is 71.9 Å². The minimum atomic E-state index is -5.49. The molecule has 0 aromatic heterocycles. The summed E-state index contributed by atoms with van der Waals surface area (Å²) in [7, 11) is -5.49. The van der Waals surface area contributed by atoms with Crippen molar-refractivity contribution >= 4 is 39.4 Å². The molecule has 3 N–H and O–H groups in total. The number of hydrogen-bond donors (Lipinski definition) is 3. The molecule has 196 valence electrons. The van der Waals surface area contributed by atoms with Crippen molar-refractivity contribution in [2.75, 3.05) is 0 Å². The monoisotopic (exact) mass is 524 g/mol. The minimum absolute atomic E-state index is 0.0309. The summed E-state index contributed by atoms with van der Waals surface area (Å²) in [6, 6.07) is 30.9. The summed E-state index contributed by atoms with van der Waals surface area (Å²) >= 11 is 0. The second kappa shape index (κ2) is 8.73. The van der Waals surface area contributed by atoms with Crippen LogP contribution in [-0.4, -0.2) is 14.7 Å². The van der Waals surface area contributed by atoms with Crippen molar-refractivity contribution in [3.63, 3.8) is 0 Å². The zero-order valence-electron chi connectivity index (χ0n) is 23.0. The van der Waals surface area contributed by atoms with E-state index in [9.17, 15) is 14.7 Å². The molecule has 0 fully saturated rings. The molecule has 0 radical (unpaired) electrons. The topological polar surface area (TPSA) is 60.7 Å². The Morgan fingerprint density at radius 1 is 0.500 bits per heavy atom. The molecule has 0 heterocycles. The molecule has 0 amide bonds. The van der Waals surface area contributed by atoms with Crippen LogP contribution in [0.25, 0.3) is 32.7 Å². The van der Waals surface area contributed by atoms with E-state index in [0.29, 0.717) is 5.56 Å². The molecule has 5 aromatic rings. The summed E-state index contributed by atoms with van der Waals surface area (Å²) < 4.78 is 0. The summed E-state index contributed by atoms with van der Waals surface area (Å²) in [5, 5.41) is 4.28. The van der Waals surface area contributed by atoms with Gasteiger partial charge in [0, 0.05) is 0 Å². The second-order valence-corrected chi connectivity index (χ2v) is 15.4. The maximum absolute atomic E-state index is 11.8. The van der Waals surface area contributed by atoms with Gasteiger partial charge in [-0.25, -0.2) is 0 Å². The Morgan fingerprint density at radius 3 is 1.79 bits per heavy atom. The first-order chi connectivity index (χ1) is 17.6. The SMILES string of the molecule is CC(C)(C)c1ccc2cc(-c3ccccc3P(O)(O)(O)c3ccc4ccccc4c3)c(C(C)(C)C)cc2c1. The van der Waals surface area contributed by atoms with Crippen LogP contribution in [0.15, 0.2) is 97.1 Å². The van der Waals surface area contributed by atoms with Crippen molar-refractivity contribution in [1.82, 2.24) is 0 Å². The molecule has 0 saturated carbocycles. The van der Waals surface area contributed by atoms with E-state index in [4.69, 9.17) is 0 Å². The molecule has 0 aliphatic rings. The van der Waals surface area contributed by atoms with E-state index < -0.39 is 7.28 Å². The number of hydrogen-bond acceptors (Lipinski definition) is 3. The van der Waals surface area contributed by atoms with Crippen molar-refractivity contribution in [3.8, 4) is 11.1 Å². The van der Waals surface area contributed by atoms with Crippen molar-refractivity contribution in [2.45, 2.75) is 52.4 Å². The molecule has 0 bridgehead atoms. The molecule has 0 saturated heterocycles. The fourth-order valence-electron chi connectivity index (χ4n) is 5.24. The Morgan fingerprint density at radius 2 is 1.11 bits per heavy atom. The summed E-state index contributed by atoms with van der Waals surface area (Å²) in [5.74, 6) is 0. The zero-order chi connectivity index (χ0) is 27.5. The van der Waals surface area contributed by atoms with Crippen molar-refractivity contribution < 1.29 is 14.7 Å². The first-order valence-corrected chi connectivity index (χ1v) is 15.2. The van der Waals surface area contributed by atoms with Crippen LogP contribution in [0.1, 0.15) is 52.7 Å². The van der Waals surface area contributed by atoms with Crippen LogP contribution in [0.2, 0.25) is 0 Å². The Balaban J connectivity index is 1.77. The van der Waals surface area contributed by atoms with Crippen LogP contribution in [0.3, 0.4) is 0 Å². The van der Waals surface area contributed by atoms with E-state index in [0.717, 1.165) is 32.7 Å². The first-order valence-electron chi connectivity index (χ1n) is 13.1. The van der Waals surface area contributed by atoms with Crippen LogP contribution in [-0.2, 0) is 10.8 Å². The molecular formula is C34H37O3P. The van der Waals surface area contributed by atoms with Gasteiger partial charge in [0.1, 0.15) is 0 Å². The molecule has 0 atom stereocenters. The van der Waals surface area contributed by atoms with Gasteiger partial charge >= 0.3 is 226 Å². The molecule has 4 heteroatoms. The van der Waals surface area contributed by atoms with E-state index in [1.165, 1.54) is 5.56 Å². The summed E-state index contributed by atoms with van der Waals surface area (Å²) in [5.41, 5.74) is 3.65. The van der Waals surface area contributed by atoms with Crippen LogP contribution in [0, 0.1) is 0 Å². The van der Waals surface area contributed by atoms with Gasteiger partial charge in [0.25, 0.3) is 0 Å². The van der Waals surface area contributed by atoms with Gasteiger partial charge in [-0.2, -0.15) is 0 Å². The maximum atomic E-state index is 11.8. The van der Waals surface area contributed by atoms with Gasteiger partial charge < -0.3 is 0 Å². The Hall–Kier alpha value is -3.07. The Bertz CT molecular complexity index is 1680. The van der Waals surface area contributed by atoms with Gasteiger partial charge in [-0.05, 0) is 0 Å². The molecule has 38 heavy (non-hydrogen) atoms. The molecule has 3 nitrogen and oxygen atoms in total. The second-order valence-electron chi connectivity index (χ2n) is 12.5. The van der Waals surface area contributed by atoms with Gasteiger partial charge in [-0.15, -0.1) is 0 Å². The average Bonchev–Trinajstić information content (AvgIpc) is 2.86. The normalized spacial score (nSPS) is 14.0. The number of fused-ring (bicyclic) bond motifs is 2. The molecule has 5 aromatic carbocycles. The average molecular weight is 525 g/mol. The van der Waals surface area contributed by atoms with E-state index >= 15 is 0 Å². The third kappa shape index (κ3) is 4.65. The first kappa shape index (κ1) is 26.5. The molecular weight excluding hydrogens is 487 g/mol.